The number of rotatable bonds is 7. The zero-order valence-electron chi connectivity index (χ0n) is 13.9. The summed E-state index contributed by atoms with van der Waals surface area (Å²) in [6.07, 6.45) is 1.55. The Kier molecular flexibility index (Phi) is 8.09. The summed E-state index contributed by atoms with van der Waals surface area (Å²) in [6.45, 7) is 6.73. The molecule has 9 heteroatoms. The number of nitrogens with one attached hydrogen (secondary N) is 2. The maximum atomic E-state index is 12.2. The van der Waals surface area contributed by atoms with Crippen molar-refractivity contribution in [3.8, 4) is 0 Å². The third-order valence-corrected chi connectivity index (χ3v) is 3.03. The van der Waals surface area contributed by atoms with Crippen LogP contribution in [0.1, 0.15) is 34.6 Å². The van der Waals surface area contributed by atoms with Gasteiger partial charge >= 0.3 is 0 Å². The molecule has 4 N–H and O–H groups in total. The Morgan fingerprint density at radius 3 is 1.83 bits per heavy atom. The normalized spacial score (nSPS) is 15.6. The van der Waals surface area contributed by atoms with Gasteiger partial charge in [0.25, 0.3) is 5.91 Å². The summed E-state index contributed by atoms with van der Waals surface area (Å²) in [6, 6.07) is -3.81. The molecule has 4 atom stereocenters. The highest BCUT2D eigenvalue weighted by Gasteiger charge is 2.30. The molecule has 4 amide bonds. The number of imide groups is 1. The molecule has 0 aliphatic heterocycles. The van der Waals surface area contributed by atoms with Crippen LogP contribution < -0.4 is 16.4 Å². The van der Waals surface area contributed by atoms with Crippen molar-refractivity contribution in [2.45, 2.75) is 58.8 Å². The molecule has 0 saturated carbocycles. The second-order valence-electron chi connectivity index (χ2n) is 5.27. The molecule has 0 unspecified atom stereocenters. The Balaban J connectivity index is 4.84. The molecule has 129 valence electrons. The highest BCUT2D eigenvalue weighted by Crippen LogP contribution is 2.02. The number of hydrogen-bond acceptors (Lipinski definition) is 6. The molecular formula is C14H23N4O5. The molecule has 0 bridgehead atoms. The highest BCUT2D eigenvalue weighted by atomic mass is 16.2. The number of carbonyl (C=O) groups is 4. The Morgan fingerprint density at radius 2 is 1.43 bits per heavy atom. The van der Waals surface area contributed by atoms with Gasteiger partial charge in [0.1, 0.15) is 18.1 Å². The number of hydrogen-bond donors (Lipinski definition) is 3. The lowest BCUT2D eigenvalue weighted by Gasteiger charge is -2.26. The molecule has 23 heavy (non-hydrogen) atoms. The molecule has 0 aromatic rings. The standard InChI is InChI=1S/C14H23N4O5/c1-7(6-19)18(11(5)20)14(23)10(4)17-13(22)9(3)16-12(21)8(2)15/h7-10H,15H2,1-5H3,(H,16,21)(H,17,22)/t7-,8-,9-,10-/m0/s1. The first-order chi connectivity index (χ1) is 10.5. The smallest absolute Gasteiger partial charge is 0.252 e. The molecule has 0 aliphatic rings. The van der Waals surface area contributed by atoms with E-state index in [4.69, 9.17) is 5.73 Å². The van der Waals surface area contributed by atoms with Crippen molar-refractivity contribution >= 4 is 29.9 Å². The van der Waals surface area contributed by atoms with E-state index >= 15 is 0 Å². The van der Waals surface area contributed by atoms with Crippen molar-refractivity contribution in [3.05, 3.63) is 0 Å². The lowest BCUT2D eigenvalue weighted by atomic mass is 10.2. The van der Waals surface area contributed by atoms with Crippen LogP contribution >= 0.6 is 0 Å². The summed E-state index contributed by atoms with van der Waals surface area (Å²) in [4.78, 5) is 58.4. The molecule has 0 spiro atoms. The minimum atomic E-state index is -1.06. The Bertz CT molecular complexity index is 492. The van der Waals surface area contributed by atoms with Gasteiger partial charge in [0.2, 0.25) is 24.0 Å². The van der Waals surface area contributed by atoms with E-state index in [-0.39, 0.29) is 0 Å². The fourth-order valence-corrected chi connectivity index (χ4v) is 1.69. The minimum Gasteiger partial charge on any atom is -0.343 e. The number of amides is 4. The van der Waals surface area contributed by atoms with E-state index in [0.29, 0.717) is 4.90 Å². The molecule has 0 saturated heterocycles. The zero-order chi connectivity index (χ0) is 18.3. The third kappa shape index (κ3) is 6.15. The van der Waals surface area contributed by atoms with E-state index in [9.17, 15) is 24.0 Å². The van der Waals surface area contributed by atoms with Gasteiger partial charge in [0.05, 0.1) is 6.04 Å². The van der Waals surface area contributed by atoms with E-state index in [1.807, 2.05) is 0 Å². The van der Waals surface area contributed by atoms with Crippen LogP contribution in [-0.2, 0) is 24.0 Å². The highest BCUT2D eigenvalue weighted by molar-refractivity contribution is 6.01. The van der Waals surface area contributed by atoms with Crippen molar-refractivity contribution in [2.75, 3.05) is 0 Å². The van der Waals surface area contributed by atoms with Gasteiger partial charge in [0.15, 0.2) is 0 Å². The summed E-state index contributed by atoms with van der Waals surface area (Å²) in [5.41, 5.74) is 5.38. The van der Waals surface area contributed by atoms with Crippen LogP contribution in [0.15, 0.2) is 0 Å². The molecule has 0 heterocycles. The summed E-state index contributed by atoms with van der Waals surface area (Å²) in [7, 11) is 0. The van der Waals surface area contributed by atoms with E-state index in [1.54, 1.807) is 6.29 Å². The fraction of sp³-hybridized carbons (Fsp3) is 0.643. The first-order valence-electron chi connectivity index (χ1n) is 7.10. The van der Waals surface area contributed by atoms with E-state index in [1.165, 1.54) is 27.7 Å². The molecule has 1 radical (unpaired) electrons. The number of carbonyl (C=O) groups excluding carboxylic acids is 5. The summed E-state index contributed by atoms with van der Waals surface area (Å²) in [5.74, 6) is -2.51. The second kappa shape index (κ2) is 8.99. The fourth-order valence-electron chi connectivity index (χ4n) is 1.69. The Morgan fingerprint density at radius 1 is 0.957 bits per heavy atom. The summed E-state index contributed by atoms with van der Waals surface area (Å²) in [5, 5.41) is 4.75. The van der Waals surface area contributed by atoms with Crippen molar-refractivity contribution in [2.24, 2.45) is 5.73 Å². The van der Waals surface area contributed by atoms with Gasteiger partial charge in [-0.3, -0.25) is 28.9 Å². The number of nitrogens with zero attached hydrogens (tertiary/aromatic N) is 1. The predicted molar refractivity (Wildman–Crippen MR) is 81.5 cm³/mol. The van der Waals surface area contributed by atoms with Crippen LogP contribution in [0.3, 0.4) is 0 Å². The summed E-state index contributed by atoms with van der Waals surface area (Å²) < 4.78 is 0. The van der Waals surface area contributed by atoms with Crippen molar-refractivity contribution < 1.29 is 24.0 Å². The van der Waals surface area contributed by atoms with E-state index in [0.717, 1.165) is 6.92 Å². The molecule has 0 aromatic heterocycles. The molecule has 0 fully saturated rings. The Labute approximate surface area is 134 Å². The van der Waals surface area contributed by atoms with Gasteiger partial charge in [-0.05, 0) is 27.7 Å². The molecule has 0 aliphatic carbocycles. The van der Waals surface area contributed by atoms with Gasteiger partial charge < -0.3 is 16.4 Å². The molecule has 9 nitrogen and oxygen atoms in total. The second-order valence-corrected chi connectivity index (χ2v) is 5.27. The van der Waals surface area contributed by atoms with Crippen LogP contribution in [0.5, 0.6) is 0 Å². The zero-order valence-corrected chi connectivity index (χ0v) is 13.9. The SMILES string of the molecule is CC(=O)N(C(=O)[C@H](C)NC(=O)[C@H](C)NC(=O)[C@H](C)N)[C@@H](C)[C]=O. The maximum Gasteiger partial charge on any atom is 0.252 e. The van der Waals surface area contributed by atoms with Crippen LogP contribution in [0.2, 0.25) is 0 Å². The third-order valence-electron chi connectivity index (χ3n) is 3.03. The lowest BCUT2D eigenvalue weighted by molar-refractivity contribution is -0.147. The Hall–Kier alpha value is -2.29. The topological polar surface area (TPSA) is 139 Å². The minimum absolute atomic E-state index is 0.513. The monoisotopic (exact) mass is 327 g/mol. The quantitative estimate of drug-likeness (QED) is 0.505. The summed E-state index contributed by atoms with van der Waals surface area (Å²) >= 11 is 0. The van der Waals surface area contributed by atoms with Gasteiger partial charge in [0, 0.05) is 6.92 Å². The lowest BCUT2D eigenvalue weighted by Crippen LogP contribution is -2.56. The van der Waals surface area contributed by atoms with Gasteiger partial charge in [-0.15, -0.1) is 0 Å². The average Bonchev–Trinajstić information content (AvgIpc) is 2.45. The van der Waals surface area contributed by atoms with E-state index < -0.39 is 47.8 Å². The average molecular weight is 327 g/mol. The van der Waals surface area contributed by atoms with Crippen molar-refractivity contribution in [3.63, 3.8) is 0 Å². The van der Waals surface area contributed by atoms with Gasteiger partial charge in [-0.25, -0.2) is 0 Å². The maximum absolute atomic E-state index is 12.2. The number of nitrogens with two attached hydrogens (primary N) is 1. The predicted octanol–water partition coefficient (Wildman–Crippen LogP) is -1.78. The molecular weight excluding hydrogens is 304 g/mol. The first kappa shape index (κ1) is 20.7. The molecule has 0 aromatic carbocycles. The largest absolute Gasteiger partial charge is 0.343 e. The van der Waals surface area contributed by atoms with Crippen LogP contribution in [0.4, 0.5) is 0 Å². The van der Waals surface area contributed by atoms with Gasteiger partial charge in [-0.2, -0.15) is 0 Å². The molecule has 0 rings (SSSR count). The van der Waals surface area contributed by atoms with E-state index in [2.05, 4.69) is 10.6 Å². The van der Waals surface area contributed by atoms with Crippen molar-refractivity contribution in [1.29, 1.82) is 0 Å². The van der Waals surface area contributed by atoms with Crippen LogP contribution in [-0.4, -0.2) is 59.0 Å². The van der Waals surface area contributed by atoms with Crippen molar-refractivity contribution in [1.82, 2.24) is 15.5 Å². The first-order valence-corrected chi connectivity index (χ1v) is 7.10. The van der Waals surface area contributed by atoms with Crippen LogP contribution in [0.25, 0.3) is 0 Å². The van der Waals surface area contributed by atoms with Crippen LogP contribution in [0, 0.1) is 0 Å². The van der Waals surface area contributed by atoms with Gasteiger partial charge in [-0.1, -0.05) is 0 Å².